The van der Waals surface area contributed by atoms with Crippen LogP contribution < -0.4 is 10.1 Å². The molecule has 0 spiro atoms. The van der Waals surface area contributed by atoms with E-state index in [9.17, 15) is 26.4 Å². The molecule has 0 aliphatic carbocycles. The van der Waals surface area contributed by atoms with Crippen LogP contribution in [0.15, 0.2) is 41.3 Å². The SMILES string of the molecule is CCC(=O)Nc1ccc(S(=O)(=O)N2CC(Oc3cccc(C(F)(F)F)n3)C2)c(C)c1. The van der Waals surface area contributed by atoms with Gasteiger partial charge in [0.25, 0.3) is 0 Å². The topological polar surface area (TPSA) is 88.6 Å². The molecule has 1 amide bonds. The van der Waals surface area contributed by atoms with E-state index in [0.29, 0.717) is 17.7 Å². The van der Waals surface area contributed by atoms with Crippen molar-refractivity contribution in [2.24, 2.45) is 0 Å². The van der Waals surface area contributed by atoms with Crippen LogP contribution in [-0.4, -0.2) is 42.8 Å². The highest BCUT2D eigenvalue weighted by molar-refractivity contribution is 7.89. The molecule has 1 fully saturated rings. The van der Waals surface area contributed by atoms with Crippen molar-refractivity contribution in [1.29, 1.82) is 0 Å². The largest absolute Gasteiger partial charge is 0.472 e. The van der Waals surface area contributed by atoms with E-state index in [1.807, 2.05) is 0 Å². The molecule has 1 N–H and O–H groups in total. The molecule has 162 valence electrons. The molecule has 0 bridgehead atoms. The predicted octanol–water partition coefficient (Wildman–Crippen LogP) is 3.21. The van der Waals surface area contributed by atoms with Crippen LogP contribution in [0.4, 0.5) is 18.9 Å². The fraction of sp³-hybridized carbons (Fsp3) is 0.368. The van der Waals surface area contributed by atoms with Gasteiger partial charge in [-0.1, -0.05) is 13.0 Å². The smallest absolute Gasteiger partial charge is 0.433 e. The number of alkyl halides is 3. The highest BCUT2D eigenvalue weighted by Crippen LogP contribution is 2.30. The number of amides is 1. The van der Waals surface area contributed by atoms with Crippen LogP contribution in [0.2, 0.25) is 0 Å². The summed E-state index contributed by atoms with van der Waals surface area (Å²) in [5.74, 6) is -0.394. The van der Waals surface area contributed by atoms with Gasteiger partial charge in [-0.25, -0.2) is 13.4 Å². The van der Waals surface area contributed by atoms with Crippen molar-refractivity contribution in [3.63, 3.8) is 0 Å². The first-order valence-electron chi connectivity index (χ1n) is 9.12. The van der Waals surface area contributed by atoms with Crippen LogP contribution in [0.5, 0.6) is 5.88 Å². The average molecular weight is 443 g/mol. The monoisotopic (exact) mass is 443 g/mol. The van der Waals surface area contributed by atoms with Crippen molar-refractivity contribution >= 4 is 21.6 Å². The summed E-state index contributed by atoms with van der Waals surface area (Å²) in [6.07, 6.45) is -4.89. The molecule has 30 heavy (non-hydrogen) atoms. The van der Waals surface area contributed by atoms with Gasteiger partial charge in [0.15, 0.2) is 0 Å². The van der Waals surface area contributed by atoms with Gasteiger partial charge in [0, 0.05) is 18.2 Å². The Labute approximate surface area is 171 Å². The number of ether oxygens (including phenoxy) is 1. The first-order chi connectivity index (χ1) is 14.0. The normalized spacial score (nSPS) is 15.5. The molecular formula is C19H20F3N3O4S. The van der Waals surface area contributed by atoms with Crippen molar-refractivity contribution < 1.29 is 31.1 Å². The van der Waals surface area contributed by atoms with E-state index < -0.39 is 28.0 Å². The fourth-order valence-electron chi connectivity index (χ4n) is 2.89. The number of aryl methyl sites for hydroxylation is 1. The quantitative estimate of drug-likeness (QED) is 0.741. The molecule has 1 aromatic carbocycles. The third-order valence-corrected chi connectivity index (χ3v) is 6.51. The highest BCUT2D eigenvalue weighted by Gasteiger charge is 2.39. The summed E-state index contributed by atoms with van der Waals surface area (Å²) >= 11 is 0. The molecule has 1 aliphatic rings. The standard InChI is InChI=1S/C19H20F3N3O4S/c1-3-17(26)23-13-7-8-15(12(2)9-13)30(27,28)25-10-14(11-25)29-18-6-4-5-16(24-18)19(20,21)22/h4-9,14H,3,10-11H2,1-2H3,(H,23,26). The second-order valence-corrected chi connectivity index (χ2v) is 8.71. The predicted molar refractivity (Wildman–Crippen MR) is 103 cm³/mol. The molecule has 0 saturated carbocycles. The minimum atomic E-state index is -4.59. The molecule has 7 nitrogen and oxygen atoms in total. The Kier molecular flexibility index (Phi) is 6.04. The minimum absolute atomic E-state index is 0.00593. The molecular weight excluding hydrogens is 423 g/mol. The van der Waals surface area contributed by atoms with E-state index in [-0.39, 0.29) is 29.8 Å². The van der Waals surface area contributed by atoms with Gasteiger partial charge in [-0.3, -0.25) is 4.79 Å². The molecule has 11 heteroatoms. The van der Waals surface area contributed by atoms with E-state index in [0.717, 1.165) is 6.07 Å². The number of rotatable bonds is 6. The first kappa shape index (κ1) is 22.0. The number of carbonyl (C=O) groups is 1. The summed E-state index contributed by atoms with van der Waals surface area (Å²) in [6.45, 7) is 3.31. The van der Waals surface area contributed by atoms with Crippen molar-refractivity contribution in [3.8, 4) is 5.88 Å². The van der Waals surface area contributed by atoms with Gasteiger partial charge in [0.2, 0.25) is 21.8 Å². The van der Waals surface area contributed by atoms with E-state index >= 15 is 0 Å². The molecule has 1 aliphatic heterocycles. The Morgan fingerprint density at radius 3 is 2.57 bits per heavy atom. The van der Waals surface area contributed by atoms with E-state index in [2.05, 4.69) is 10.3 Å². The van der Waals surface area contributed by atoms with Gasteiger partial charge in [0.05, 0.1) is 18.0 Å². The summed E-state index contributed by atoms with van der Waals surface area (Å²) in [6, 6.07) is 7.80. The van der Waals surface area contributed by atoms with Gasteiger partial charge >= 0.3 is 6.18 Å². The second-order valence-electron chi connectivity index (χ2n) is 6.80. The Hall–Kier alpha value is -2.66. The maximum Gasteiger partial charge on any atom is 0.433 e. The maximum atomic E-state index is 12.8. The molecule has 0 radical (unpaired) electrons. The Balaban J connectivity index is 1.66. The number of halogens is 3. The van der Waals surface area contributed by atoms with Crippen molar-refractivity contribution in [3.05, 3.63) is 47.7 Å². The Morgan fingerprint density at radius 2 is 1.97 bits per heavy atom. The third-order valence-electron chi connectivity index (χ3n) is 4.51. The fourth-order valence-corrected chi connectivity index (χ4v) is 4.59. The number of pyridine rings is 1. The van der Waals surface area contributed by atoms with E-state index in [4.69, 9.17) is 4.74 Å². The molecule has 2 aromatic rings. The number of sulfonamides is 1. The third kappa shape index (κ3) is 4.73. The lowest BCUT2D eigenvalue weighted by molar-refractivity contribution is -0.141. The zero-order chi connectivity index (χ0) is 22.1. The number of benzene rings is 1. The first-order valence-corrected chi connectivity index (χ1v) is 10.6. The van der Waals surface area contributed by atoms with Crippen LogP contribution in [0.25, 0.3) is 0 Å². The zero-order valence-corrected chi connectivity index (χ0v) is 17.0. The van der Waals surface area contributed by atoms with E-state index in [1.54, 1.807) is 19.9 Å². The van der Waals surface area contributed by atoms with Crippen molar-refractivity contribution in [1.82, 2.24) is 9.29 Å². The van der Waals surface area contributed by atoms with Crippen molar-refractivity contribution in [2.75, 3.05) is 18.4 Å². The van der Waals surface area contributed by atoms with Gasteiger partial charge in [-0.15, -0.1) is 0 Å². The summed E-state index contributed by atoms with van der Waals surface area (Å²) < 4.78 is 70.4. The molecule has 0 unspecified atom stereocenters. The average Bonchev–Trinajstić information content (AvgIpc) is 2.63. The maximum absolute atomic E-state index is 12.8. The van der Waals surface area contributed by atoms with Crippen LogP contribution >= 0.6 is 0 Å². The number of nitrogens with zero attached hydrogens (tertiary/aromatic N) is 2. The number of hydrogen-bond donors (Lipinski definition) is 1. The highest BCUT2D eigenvalue weighted by atomic mass is 32.2. The van der Waals surface area contributed by atoms with Crippen LogP contribution in [0.3, 0.4) is 0 Å². The molecule has 1 saturated heterocycles. The van der Waals surface area contributed by atoms with Crippen LogP contribution in [-0.2, 0) is 21.0 Å². The molecule has 1 aromatic heterocycles. The number of nitrogens with one attached hydrogen (secondary N) is 1. The van der Waals surface area contributed by atoms with Gasteiger partial charge in [-0.05, 0) is 36.8 Å². The summed E-state index contributed by atoms with van der Waals surface area (Å²) in [5, 5.41) is 2.66. The number of anilines is 1. The summed E-state index contributed by atoms with van der Waals surface area (Å²) in [7, 11) is -3.80. The minimum Gasteiger partial charge on any atom is -0.472 e. The lowest BCUT2D eigenvalue weighted by atomic mass is 10.2. The van der Waals surface area contributed by atoms with E-state index in [1.165, 1.54) is 28.6 Å². The lowest BCUT2D eigenvalue weighted by Crippen LogP contribution is -2.56. The molecule has 0 atom stereocenters. The lowest BCUT2D eigenvalue weighted by Gasteiger charge is -2.37. The number of aromatic nitrogens is 1. The summed E-state index contributed by atoms with van der Waals surface area (Å²) in [5.41, 5.74) is -0.110. The van der Waals surface area contributed by atoms with Crippen LogP contribution in [0, 0.1) is 6.92 Å². The summed E-state index contributed by atoms with van der Waals surface area (Å²) in [4.78, 5) is 15.0. The zero-order valence-electron chi connectivity index (χ0n) is 16.2. The Bertz CT molecular complexity index is 1050. The van der Waals surface area contributed by atoms with Gasteiger partial charge in [-0.2, -0.15) is 17.5 Å². The number of carbonyl (C=O) groups excluding carboxylic acids is 1. The van der Waals surface area contributed by atoms with Gasteiger partial charge in [0.1, 0.15) is 11.8 Å². The van der Waals surface area contributed by atoms with Crippen LogP contribution in [0.1, 0.15) is 24.6 Å². The second kappa shape index (κ2) is 8.23. The molecule has 2 heterocycles. The number of hydrogen-bond acceptors (Lipinski definition) is 5. The van der Waals surface area contributed by atoms with Gasteiger partial charge < -0.3 is 10.1 Å². The van der Waals surface area contributed by atoms with Crippen molar-refractivity contribution in [2.45, 2.75) is 37.4 Å². The Morgan fingerprint density at radius 1 is 1.27 bits per heavy atom. The molecule has 3 rings (SSSR count).